The molecule has 104 heavy (non-hydrogen) atoms. The first-order valence-electron chi connectivity index (χ1n) is 36.0. The molecule has 3 aromatic heterocycles. The minimum atomic E-state index is -4.02. The van der Waals surface area contributed by atoms with Crippen molar-refractivity contribution < 1.29 is 84.2 Å². The van der Waals surface area contributed by atoms with Crippen LogP contribution in [0.1, 0.15) is 133 Å². The van der Waals surface area contributed by atoms with E-state index in [1.54, 1.807) is 42.3 Å². The van der Waals surface area contributed by atoms with E-state index < -0.39 is 40.0 Å². The number of nitrogens with two attached hydrogens (primary N) is 1. The van der Waals surface area contributed by atoms with E-state index in [-0.39, 0.29) is 156 Å². The summed E-state index contributed by atoms with van der Waals surface area (Å²) in [5.74, 6) is -0.790. The summed E-state index contributed by atoms with van der Waals surface area (Å²) in [6.45, 7) is 19.2. The number of aromatic nitrogens is 4. The third kappa shape index (κ3) is 16.7. The number of fused-ring (bicyclic) bond motifs is 7. The first kappa shape index (κ1) is 74.8. The number of nitrogens with one attached hydrogen (secondary N) is 3. The van der Waals surface area contributed by atoms with Crippen LogP contribution in [-0.2, 0) is 63.0 Å². The van der Waals surface area contributed by atoms with Crippen molar-refractivity contribution in [2.75, 3.05) is 31.3 Å². The number of pyridine rings is 2. The maximum absolute atomic E-state index is 14.9. The zero-order chi connectivity index (χ0) is 73.5. The summed E-state index contributed by atoms with van der Waals surface area (Å²) in [7, 11) is -0.867. The van der Waals surface area contributed by atoms with Gasteiger partial charge in [-0.1, -0.05) is 64.6 Å². The Kier molecular flexibility index (Phi) is 22.4. The minimum absolute atomic E-state index is 0.0158. The number of hydrogen-bond donors (Lipinski definition) is 6. The molecule has 10 saturated heterocycles. The predicted octanol–water partition coefficient (Wildman–Crippen LogP) is 10.7. The second-order valence-electron chi connectivity index (χ2n) is 30.0. The summed E-state index contributed by atoms with van der Waals surface area (Å²) in [4.78, 5) is 47.1. The molecule has 0 aliphatic carbocycles. The van der Waals surface area contributed by atoms with Crippen molar-refractivity contribution in [2.24, 2.45) is 17.6 Å². The Morgan fingerprint density at radius 2 is 1.53 bits per heavy atom. The number of benzene rings is 3. The number of carbonyl (C=O) groups is 3. The highest BCUT2D eigenvalue weighted by Crippen LogP contribution is 2.55. The van der Waals surface area contributed by atoms with Crippen LogP contribution >= 0.6 is 0 Å². The molecule has 10 fully saturated rings. The van der Waals surface area contributed by atoms with Gasteiger partial charge in [-0.3, -0.25) is 29.4 Å². The topological polar surface area (TPSA) is 324 Å². The number of ether oxygens (including phenoxy) is 10. The molecule has 0 unspecified atom stereocenters. The van der Waals surface area contributed by atoms with Crippen LogP contribution in [0, 0.1) is 24.6 Å². The van der Waals surface area contributed by atoms with Crippen molar-refractivity contribution in [1.29, 1.82) is 0 Å². The van der Waals surface area contributed by atoms with Gasteiger partial charge in [-0.05, 0) is 124 Å². The normalized spacial score (nSPS) is 31.8. The van der Waals surface area contributed by atoms with Crippen LogP contribution in [0.25, 0.3) is 16.6 Å². The van der Waals surface area contributed by atoms with E-state index in [1.165, 1.54) is 43.6 Å². The Labute approximate surface area is 605 Å². The lowest BCUT2D eigenvalue weighted by Gasteiger charge is -2.47. The molecule has 1 spiro atoms. The largest absolute Gasteiger partial charge is 0.457 e. The lowest BCUT2D eigenvalue weighted by atomic mass is 9.81. The summed E-state index contributed by atoms with van der Waals surface area (Å²) in [5, 5.41) is 24.0. The number of carbonyl (C=O) groups excluding carboxylic acids is 3. The maximum atomic E-state index is 14.9. The maximum Gasteiger partial charge on any atom is 0.324 e. The Morgan fingerprint density at radius 1 is 0.788 bits per heavy atom. The number of rotatable bonds is 11. The van der Waals surface area contributed by atoms with Crippen molar-refractivity contribution in [2.45, 2.75) is 232 Å². The van der Waals surface area contributed by atoms with Gasteiger partial charge in [-0.2, -0.15) is 13.5 Å². The van der Waals surface area contributed by atoms with Crippen LogP contribution in [0.3, 0.4) is 0 Å². The Balaban J connectivity index is 0.000000165. The number of hydrogen-bond acceptors (Lipinski definition) is 20. The molecule has 19 atom stereocenters. The first-order chi connectivity index (χ1) is 49.7. The van der Waals surface area contributed by atoms with Crippen LogP contribution in [0.15, 0.2) is 133 Å². The van der Waals surface area contributed by atoms with Gasteiger partial charge in [0.15, 0.2) is 5.79 Å². The number of ketones is 1. The average molecular weight is 1460 g/mol. The molecule has 3 aromatic carbocycles. The fourth-order valence-corrected chi connectivity index (χ4v) is 16.5. The number of amides is 3. The van der Waals surface area contributed by atoms with Gasteiger partial charge in [-0.15, -0.1) is 0 Å². The van der Waals surface area contributed by atoms with Gasteiger partial charge in [0, 0.05) is 107 Å². The molecule has 12 bridgehead atoms. The van der Waals surface area contributed by atoms with E-state index in [4.69, 9.17) is 62.8 Å². The average Bonchev–Trinajstić information content (AvgIpc) is 1.55. The van der Waals surface area contributed by atoms with Crippen molar-refractivity contribution in [1.82, 2.24) is 25.1 Å². The second-order valence-corrected chi connectivity index (χ2v) is 31.4. The number of halogens is 1. The number of aryl methyl sites for hydroxylation is 1. The van der Waals surface area contributed by atoms with Crippen molar-refractivity contribution >= 4 is 50.2 Å². The predicted molar refractivity (Wildman–Crippen MR) is 382 cm³/mol. The van der Waals surface area contributed by atoms with Gasteiger partial charge >= 0.3 is 6.03 Å². The van der Waals surface area contributed by atoms with Gasteiger partial charge in [-0.25, -0.2) is 13.9 Å². The van der Waals surface area contributed by atoms with Gasteiger partial charge in [0.25, 0.3) is 16.0 Å². The highest BCUT2D eigenvalue weighted by Gasteiger charge is 2.69. The molecular formula is C77H95FN8O17S. The Hall–Kier alpha value is -7.48. The van der Waals surface area contributed by atoms with Crippen LogP contribution in [0.2, 0.25) is 0 Å². The van der Waals surface area contributed by atoms with E-state index in [0.717, 1.165) is 90.0 Å². The Bertz CT molecular complexity index is 4250. The summed E-state index contributed by atoms with van der Waals surface area (Å²) in [5.41, 5.74) is 11.1. The van der Waals surface area contributed by atoms with Gasteiger partial charge in [0.2, 0.25) is 0 Å². The monoisotopic (exact) mass is 1450 g/mol. The lowest BCUT2D eigenvalue weighted by Crippen LogP contribution is -2.61. The van der Waals surface area contributed by atoms with Crippen LogP contribution in [0.5, 0.6) is 11.5 Å². The molecule has 7 N–H and O–H groups in total. The second kappa shape index (κ2) is 31.1. The standard InChI is InChI=1S/C40H59NO11.C30H28FN7O3.C7H8O3S/c1-19-11-24-5-7-28-20(2)12-26(45-28)9-10-40-17-33-36(51-40)37-38(50-33)39(52-40)35-29(49-37)8-6-25(47-35)13-22(42)14-27-31(16-30(46-24)21(19)3)48-32(34(27)44-4)15-23(43)18-41;1-30(2,3)26-17-27(38(37-26)19-7-9-23-18(14-19)6-5-12-33-23)36-29(40)35-24-10-8-20(15-22(24)31)41-21-11-13-34-25(16-21)28(39)32-4;1-6-2-4-7(5-3-6)11(8,9)10/h19,23-39,43H,2-3,5-18,41H2,1,4H3;5-17H,1-4H3,(H,32,39)(H2,35,36,40);2-5H,1H3,(H,8,9,10)/t19-,23+,24+,25-,26+,27+,28+,29+,30-,31+,32-,33-,34-,35+,36+,37+,38-,39+,40+;;/m1../s1. The van der Waals surface area contributed by atoms with E-state index in [2.05, 4.69) is 46.0 Å². The number of Topliss-reactive ketones (excluding diaryl/α,β-unsaturated/α-hetero) is 1. The molecule has 0 radical (unpaired) electrons. The van der Waals surface area contributed by atoms with Crippen LogP contribution in [0.4, 0.5) is 20.7 Å². The zero-order valence-corrected chi connectivity index (χ0v) is 60.5. The molecule has 27 heteroatoms. The van der Waals surface area contributed by atoms with E-state index in [1.807, 2.05) is 58.0 Å². The zero-order valence-electron chi connectivity index (χ0n) is 59.7. The van der Waals surface area contributed by atoms with E-state index >= 15 is 0 Å². The molecule has 16 rings (SSSR count). The number of nitrogens with zero attached hydrogens (tertiary/aromatic N) is 4. The van der Waals surface area contributed by atoms with E-state index in [9.17, 15) is 32.3 Å². The van der Waals surface area contributed by atoms with Crippen molar-refractivity contribution in [3.05, 3.63) is 150 Å². The summed E-state index contributed by atoms with van der Waals surface area (Å²) in [6.07, 6.45) is 8.00. The SMILES string of the molecule is C=C1C[C@@H]2CC[C@@]34C[C@H]5O[C@H]6[C@@H](O3)[C@H]3O[C@H](CC[C@@H]3O[C@H]6[C@H]5O4)CC(=O)C[C@@H]3[C@@H](OC)[C@@H](C[C@H](O)CN)O[C@H]3C[C@H]3O[C@@H](CC[C@@H]1O2)C[C@@H](C)C3=C.CNC(=O)c1cc(Oc2ccc(NC(=O)Nc3cc(C(C)(C)C)nn3-c3ccc4ncccc4c3)c(F)c2)ccn1.Cc1ccc(S(=O)(=O)O)cc1. The number of methoxy groups -OCH3 is 1. The van der Waals surface area contributed by atoms with Crippen molar-refractivity contribution in [3.8, 4) is 17.2 Å². The highest BCUT2D eigenvalue weighted by atomic mass is 32.2. The quantitative estimate of drug-likeness (QED) is 0.0518. The highest BCUT2D eigenvalue weighted by molar-refractivity contribution is 7.85. The molecule has 10 aliphatic rings. The molecule has 10 aliphatic heterocycles. The van der Waals surface area contributed by atoms with Gasteiger partial charge < -0.3 is 68.8 Å². The molecular weight excluding hydrogens is 1360 g/mol. The summed E-state index contributed by atoms with van der Waals surface area (Å²) < 4.78 is 112. The molecule has 6 aromatic rings. The number of aliphatic hydroxyl groups excluding tert-OH is 1. The smallest absolute Gasteiger partial charge is 0.324 e. The minimum Gasteiger partial charge on any atom is -0.457 e. The molecule has 0 saturated carbocycles. The number of anilines is 2. The summed E-state index contributed by atoms with van der Waals surface area (Å²) in [6, 6.07) is 23.6. The lowest BCUT2D eigenvalue weighted by molar-refractivity contribution is -0.292. The fourth-order valence-electron chi connectivity index (χ4n) is 16.0. The molecule has 558 valence electrons. The number of aliphatic hydroxyl groups is 1. The molecule has 25 nitrogen and oxygen atoms in total. The van der Waals surface area contributed by atoms with Gasteiger partial charge in [0.1, 0.15) is 65.1 Å². The molecule has 13 heterocycles. The first-order valence-corrected chi connectivity index (χ1v) is 37.5. The Morgan fingerprint density at radius 3 is 2.28 bits per heavy atom. The number of urea groups is 1. The third-order valence-corrected chi connectivity index (χ3v) is 22.3. The summed E-state index contributed by atoms with van der Waals surface area (Å²) >= 11 is 0. The van der Waals surface area contributed by atoms with Crippen molar-refractivity contribution in [3.63, 3.8) is 0 Å². The van der Waals surface area contributed by atoms with Gasteiger partial charge in [0.05, 0.1) is 94.6 Å². The molecule has 3 amide bonds. The van der Waals surface area contributed by atoms with Crippen LogP contribution < -0.4 is 26.4 Å². The van der Waals surface area contributed by atoms with Crippen LogP contribution in [-0.4, -0.2) is 180 Å². The van der Waals surface area contributed by atoms with E-state index in [0.29, 0.717) is 37.3 Å². The third-order valence-electron chi connectivity index (χ3n) is 21.5. The fraction of sp³-hybridized carbons (Fsp3) is 0.532.